The number of rotatable bonds is 6. The van der Waals surface area contributed by atoms with Gasteiger partial charge in [0.05, 0.1) is 11.1 Å². The fourth-order valence-electron chi connectivity index (χ4n) is 2.46. The molecule has 2 aromatic rings. The van der Waals surface area contributed by atoms with Gasteiger partial charge in [-0.1, -0.05) is 24.3 Å². The first-order valence-electron chi connectivity index (χ1n) is 7.13. The predicted molar refractivity (Wildman–Crippen MR) is 83.9 cm³/mol. The number of aromatic nitrogens is 1. The molecule has 1 aromatic carbocycles. The number of nitrogens with zero attached hydrogens (tertiary/aromatic N) is 1. The Morgan fingerprint density at radius 2 is 2.00 bits per heavy atom. The van der Waals surface area contributed by atoms with Crippen molar-refractivity contribution in [2.45, 2.75) is 38.3 Å². The lowest BCUT2D eigenvalue weighted by Gasteiger charge is -2.26. The summed E-state index contributed by atoms with van der Waals surface area (Å²) in [6, 6.07) is 10.8. The molecule has 0 bridgehead atoms. The van der Waals surface area contributed by atoms with Crippen LogP contribution in [0.2, 0.25) is 0 Å². The third-order valence-corrected chi connectivity index (χ3v) is 3.98. The zero-order valence-electron chi connectivity index (χ0n) is 12.8. The minimum Gasteiger partial charge on any atom is -0.379 e. The number of para-hydroxylation sites is 1. The van der Waals surface area contributed by atoms with Crippen LogP contribution in [0.4, 0.5) is 0 Å². The minimum atomic E-state index is -0.0902. The van der Waals surface area contributed by atoms with Crippen LogP contribution in [-0.4, -0.2) is 24.7 Å². The van der Waals surface area contributed by atoms with Gasteiger partial charge in [-0.3, -0.25) is 4.98 Å². The van der Waals surface area contributed by atoms with E-state index in [4.69, 9.17) is 4.74 Å². The fourth-order valence-corrected chi connectivity index (χ4v) is 2.46. The second kappa shape index (κ2) is 6.33. The molecule has 3 heteroatoms. The summed E-state index contributed by atoms with van der Waals surface area (Å²) in [6.45, 7) is 4.25. The van der Waals surface area contributed by atoms with Crippen molar-refractivity contribution in [3.8, 4) is 0 Å². The number of pyridine rings is 1. The highest BCUT2D eigenvalue weighted by Crippen LogP contribution is 2.28. The number of ether oxygens (including phenoxy) is 1. The molecular weight excluding hydrogens is 248 g/mol. The summed E-state index contributed by atoms with van der Waals surface area (Å²) in [7, 11) is 3.78. The zero-order valence-corrected chi connectivity index (χ0v) is 12.8. The molecule has 0 aliphatic carbocycles. The van der Waals surface area contributed by atoms with E-state index in [1.807, 2.05) is 19.3 Å². The van der Waals surface area contributed by atoms with Crippen molar-refractivity contribution < 1.29 is 4.74 Å². The lowest BCUT2D eigenvalue weighted by molar-refractivity contribution is 0.0118. The molecule has 1 atom stereocenters. The molecule has 1 aromatic heterocycles. The minimum absolute atomic E-state index is 0.0902. The molecular formula is C17H24N2O. The second-order valence-electron chi connectivity index (χ2n) is 5.77. The van der Waals surface area contributed by atoms with Crippen molar-refractivity contribution in [3.05, 3.63) is 42.1 Å². The highest BCUT2D eigenvalue weighted by molar-refractivity contribution is 5.81. The molecule has 0 radical (unpaired) electrons. The highest BCUT2D eigenvalue weighted by Gasteiger charge is 2.20. The topological polar surface area (TPSA) is 34.1 Å². The third-order valence-electron chi connectivity index (χ3n) is 3.98. The Morgan fingerprint density at radius 1 is 1.25 bits per heavy atom. The van der Waals surface area contributed by atoms with Crippen LogP contribution >= 0.6 is 0 Å². The number of methoxy groups -OCH3 is 1. The van der Waals surface area contributed by atoms with E-state index in [9.17, 15) is 0 Å². The van der Waals surface area contributed by atoms with Crippen LogP contribution in [-0.2, 0) is 4.74 Å². The molecule has 0 amide bonds. The molecule has 0 aliphatic heterocycles. The number of benzene rings is 1. The SMILES string of the molecule is CNC(CCC(C)(C)OC)c1cccc2cccnc12. The lowest BCUT2D eigenvalue weighted by Crippen LogP contribution is -2.26. The molecule has 0 saturated heterocycles. The molecule has 108 valence electrons. The van der Waals surface area contributed by atoms with Crippen molar-refractivity contribution in [3.63, 3.8) is 0 Å². The first-order valence-corrected chi connectivity index (χ1v) is 7.13. The largest absolute Gasteiger partial charge is 0.379 e. The maximum absolute atomic E-state index is 5.51. The van der Waals surface area contributed by atoms with E-state index in [0.29, 0.717) is 6.04 Å². The Morgan fingerprint density at radius 3 is 2.70 bits per heavy atom. The first-order chi connectivity index (χ1) is 9.57. The Kier molecular flexibility index (Phi) is 4.73. The van der Waals surface area contributed by atoms with E-state index in [2.05, 4.69) is 48.4 Å². The van der Waals surface area contributed by atoms with Crippen molar-refractivity contribution in [1.82, 2.24) is 10.3 Å². The molecule has 0 fully saturated rings. The van der Waals surface area contributed by atoms with Gasteiger partial charge < -0.3 is 10.1 Å². The van der Waals surface area contributed by atoms with Crippen LogP contribution in [0.25, 0.3) is 10.9 Å². The first kappa shape index (κ1) is 14.9. The van der Waals surface area contributed by atoms with Crippen LogP contribution < -0.4 is 5.32 Å². The van der Waals surface area contributed by atoms with Crippen LogP contribution in [0.15, 0.2) is 36.5 Å². The number of nitrogens with one attached hydrogen (secondary N) is 1. The van der Waals surface area contributed by atoms with Crippen molar-refractivity contribution in [1.29, 1.82) is 0 Å². The molecule has 0 aliphatic rings. The van der Waals surface area contributed by atoms with Crippen molar-refractivity contribution in [2.24, 2.45) is 0 Å². The van der Waals surface area contributed by atoms with Crippen LogP contribution in [0, 0.1) is 0 Å². The van der Waals surface area contributed by atoms with E-state index in [1.165, 1.54) is 10.9 Å². The van der Waals surface area contributed by atoms with Crippen molar-refractivity contribution in [2.75, 3.05) is 14.2 Å². The van der Waals surface area contributed by atoms with Gasteiger partial charge in [-0.2, -0.15) is 0 Å². The molecule has 2 rings (SSSR count). The van der Waals surface area contributed by atoms with Crippen LogP contribution in [0.5, 0.6) is 0 Å². The van der Waals surface area contributed by atoms with E-state index >= 15 is 0 Å². The van der Waals surface area contributed by atoms with Gasteiger partial charge in [-0.05, 0) is 45.4 Å². The molecule has 0 spiro atoms. The predicted octanol–water partition coefficient (Wildman–Crippen LogP) is 3.70. The van der Waals surface area contributed by atoms with Gasteiger partial charge in [0.15, 0.2) is 0 Å². The van der Waals surface area contributed by atoms with Gasteiger partial charge in [0, 0.05) is 24.7 Å². The lowest BCUT2D eigenvalue weighted by atomic mass is 9.93. The molecule has 20 heavy (non-hydrogen) atoms. The van der Waals surface area contributed by atoms with E-state index < -0.39 is 0 Å². The zero-order chi connectivity index (χ0) is 14.6. The molecule has 3 nitrogen and oxygen atoms in total. The van der Waals surface area contributed by atoms with Crippen LogP contribution in [0.1, 0.15) is 38.3 Å². The van der Waals surface area contributed by atoms with Gasteiger partial charge in [-0.25, -0.2) is 0 Å². The monoisotopic (exact) mass is 272 g/mol. The summed E-state index contributed by atoms with van der Waals surface area (Å²) in [4.78, 5) is 4.54. The van der Waals surface area contributed by atoms with Gasteiger partial charge in [0.25, 0.3) is 0 Å². The molecule has 1 N–H and O–H groups in total. The Bertz CT molecular complexity index is 560. The van der Waals surface area contributed by atoms with E-state index in [1.54, 1.807) is 7.11 Å². The Labute approximate surface area is 121 Å². The third kappa shape index (κ3) is 3.35. The fraction of sp³-hybridized carbons (Fsp3) is 0.471. The summed E-state index contributed by atoms with van der Waals surface area (Å²) >= 11 is 0. The normalized spacial score (nSPS) is 13.6. The van der Waals surface area contributed by atoms with Gasteiger partial charge in [-0.15, -0.1) is 0 Å². The maximum atomic E-state index is 5.51. The number of fused-ring (bicyclic) bond motifs is 1. The average Bonchev–Trinajstić information content (AvgIpc) is 2.48. The van der Waals surface area contributed by atoms with E-state index in [-0.39, 0.29) is 5.60 Å². The number of hydrogen-bond acceptors (Lipinski definition) is 3. The summed E-state index contributed by atoms with van der Waals surface area (Å²) in [5, 5.41) is 4.60. The summed E-state index contributed by atoms with van der Waals surface area (Å²) in [5.74, 6) is 0. The summed E-state index contributed by atoms with van der Waals surface area (Å²) < 4.78 is 5.51. The van der Waals surface area contributed by atoms with Gasteiger partial charge in [0.1, 0.15) is 0 Å². The summed E-state index contributed by atoms with van der Waals surface area (Å²) in [5.41, 5.74) is 2.26. The molecule has 0 saturated carbocycles. The highest BCUT2D eigenvalue weighted by atomic mass is 16.5. The smallest absolute Gasteiger partial charge is 0.0749 e. The van der Waals surface area contributed by atoms with Gasteiger partial charge >= 0.3 is 0 Å². The van der Waals surface area contributed by atoms with Crippen LogP contribution in [0.3, 0.4) is 0 Å². The Balaban J connectivity index is 2.26. The Hall–Kier alpha value is -1.45. The summed E-state index contributed by atoms with van der Waals surface area (Å²) in [6.07, 6.45) is 3.88. The maximum Gasteiger partial charge on any atom is 0.0749 e. The molecule has 1 unspecified atom stereocenters. The standard InChI is InChI=1S/C17H24N2O/c1-17(2,20-4)11-10-15(18-3)14-9-5-7-13-8-6-12-19-16(13)14/h5-9,12,15,18H,10-11H2,1-4H3. The molecule has 1 heterocycles. The van der Waals surface area contributed by atoms with Crippen molar-refractivity contribution >= 4 is 10.9 Å². The average molecular weight is 272 g/mol. The number of hydrogen-bond donors (Lipinski definition) is 1. The van der Waals surface area contributed by atoms with E-state index in [0.717, 1.165) is 18.4 Å². The quantitative estimate of drug-likeness (QED) is 0.870. The second-order valence-corrected chi connectivity index (χ2v) is 5.77. The van der Waals surface area contributed by atoms with Gasteiger partial charge in [0.2, 0.25) is 0 Å².